The first kappa shape index (κ1) is 17.9. The van der Waals surface area contributed by atoms with Crippen molar-refractivity contribution in [2.45, 2.75) is 26.7 Å². The van der Waals surface area contributed by atoms with Crippen LogP contribution in [-0.2, 0) is 12.8 Å². The van der Waals surface area contributed by atoms with E-state index in [2.05, 4.69) is 15.0 Å². The van der Waals surface area contributed by atoms with Crippen LogP contribution in [0, 0.1) is 6.92 Å². The highest BCUT2D eigenvalue weighted by atomic mass is 35.5. The van der Waals surface area contributed by atoms with Gasteiger partial charge in [-0.2, -0.15) is 0 Å². The molecule has 0 atom stereocenters. The summed E-state index contributed by atoms with van der Waals surface area (Å²) >= 11 is 5.96. The van der Waals surface area contributed by atoms with Gasteiger partial charge in [0, 0.05) is 12.0 Å². The number of carboxylic acid groups (broad SMARTS) is 1. The normalized spacial score (nSPS) is 10.9. The topological polar surface area (TPSA) is 109 Å². The average molecular weight is 374 g/mol. The summed E-state index contributed by atoms with van der Waals surface area (Å²) in [6, 6.07) is 6.98. The molecule has 3 aromatic rings. The van der Waals surface area contributed by atoms with Crippen molar-refractivity contribution in [3.63, 3.8) is 0 Å². The van der Waals surface area contributed by atoms with Crippen LogP contribution in [0.2, 0.25) is 5.15 Å². The highest BCUT2D eigenvalue weighted by Crippen LogP contribution is 2.23. The van der Waals surface area contributed by atoms with Crippen molar-refractivity contribution in [3.05, 3.63) is 58.0 Å². The molecule has 0 unspecified atom stereocenters. The second kappa shape index (κ2) is 7.13. The molecular weight excluding hydrogens is 358 g/mol. The minimum absolute atomic E-state index is 0.110. The summed E-state index contributed by atoms with van der Waals surface area (Å²) in [5, 5.41) is 9.36. The van der Waals surface area contributed by atoms with Crippen molar-refractivity contribution in [1.29, 1.82) is 0 Å². The standard InChI is InChI=1S/C18H16ClN3O4/c1-3-12-15(19)22-16(20-12)13(23)8-10-4-6-11(7-5-10)17-21-14(18(24)25)9(2)26-17/h4-7H,3,8H2,1-2H3,(H,20,22)(H,24,25). The van der Waals surface area contributed by atoms with Crippen molar-refractivity contribution in [3.8, 4) is 11.5 Å². The summed E-state index contributed by atoms with van der Waals surface area (Å²) in [7, 11) is 0. The zero-order valence-electron chi connectivity index (χ0n) is 14.2. The number of carbonyl (C=O) groups is 2. The number of ketones is 1. The number of carbonyl (C=O) groups excluding carboxylic acids is 1. The number of halogens is 1. The molecule has 2 N–H and O–H groups in total. The maximum atomic E-state index is 12.3. The summed E-state index contributed by atoms with van der Waals surface area (Å²) < 4.78 is 5.39. The Balaban J connectivity index is 1.76. The number of aromatic nitrogens is 3. The highest BCUT2D eigenvalue weighted by molar-refractivity contribution is 6.30. The third-order valence-electron chi connectivity index (χ3n) is 3.91. The molecule has 0 fully saturated rings. The number of nitrogens with zero attached hydrogens (tertiary/aromatic N) is 2. The van der Waals surface area contributed by atoms with Gasteiger partial charge in [-0.15, -0.1) is 0 Å². The fraction of sp³-hybridized carbons (Fsp3) is 0.222. The Morgan fingerprint density at radius 2 is 1.92 bits per heavy atom. The van der Waals surface area contributed by atoms with Gasteiger partial charge in [-0.3, -0.25) is 4.79 Å². The van der Waals surface area contributed by atoms with Gasteiger partial charge >= 0.3 is 5.97 Å². The Labute approximate surface area is 154 Å². The third-order valence-corrected chi connectivity index (χ3v) is 4.22. The summed E-state index contributed by atoms with van der Waals surface area (Å²) in [5.74, 6) is -0.593. The molecule has 0 aliphatic rings. The molecule has 0 saturated heterocycles. The molecule has 0 aliphatic carbocycles. The van der Waals surface area contributed by atoms with Crippen LogP contribution in [0.15, 0.2) is 28.7 Å². The largest absolute Gasteiger partial charge is 0.476 e. The molecule has 0 bridgehead atoms. The molecule has 0 aliphatic heterocycles. The van der Waals surface area contributed by atoms with Crippen molar-refractivity contribution in [2.24, 2.45) is 0 Å². The molecule has 7 nitrogen and oxygen atoms in total. The van der Waals surface area contributed by atoms with Crippen LogP contribution in [0.3, 0.4) is 0 Å². The second-order valence-corrected chi connectivity index (χ2v) is 6.09. The number of imidazole rings is 1. The number of hydrogen-bond acceptors (Lipinski definition) is 5. The van der Waals surface area contributed by atoms with Gasteiger partial charge in [0.1, 0.15) is 5.76 Å². The van der Waals surface area contributed by atoms with Gasteiger partial charge in [-0.1, -0.05) is 30.7 Å². The minimum atomic E-state index is -1.14. The number of carboxylic acids is 1. The van der Waals surface area contributed by atoms with Crippen molar-refractivity contribution in [1.82, 2.24) is 15.0 Å². The van der Waals surface area contributed by atoms with Crippen LogP contribution in [0.4, 0.5) is 0 Å². The molecule has 2 heterocycles. The Morgan fingerprint density at radius 1 is 1.23 bits per heavy atom. The first-order valence-corrected chi connectivity index (χ1v) is 8.34. The van der Waals surface area contributed by atoms with E-state index in [1.165, 1.54) is 0 Å². The van der Waals surface area contributed by atoms with E-state index in [1.807, 2.05) is 6.92 Å². The number of rotatable bonds is 6. The fourth-order valence-electron chi connectivity index (χ4n) is 2.51. The van der Waals surface area contributed by atoms with Crippen molar-refractivity contribution < 1.29 is 19.1 Å². The molecule has 0 radical (unpaired) electrons. The van der Waals surface area contributed by atoms with E-state index in [0.29, 0.717) is 17.1 Å². The van der Waals surface area contributed by atoms with Crippen molar-refractivity contribution in [2.75, 3.05) is 0 Å². The van der Waals surface area contributed by atoms with E-state index in [9.17, 15) is 9.59 Å². The predicted octanol–water partition coefficient (Wildman–Crippen LogP) is 3.71. The smallest absolute Gasteiger partial charge is 0.358 e. The Morgan fingerprint density at radius 3 is 2.46 bits per heavy atom. The molecule has 0 saturated carbocycles. The number of oxazole rings is 1. The summed E-state index contributed by atoms with van der Waals surface area (Å²) in [6.07, 6.45) is 0.833. The molecule has 2 aromatic heterocycles. The van der Waals surface area contributed by atoms with Crippen molar-refractivity contribution >= 4 is 23.4 Å². The summed E-state index contributed by atoms with van der Waals surface area (Å²) in [6.45, 7) is 3.47. The summed E-state index contributed by atoms with van der Waals surface area (Å²) in [4.78, 5) is 34.3. The van der Waals surface area contributed by atoms with Gasteiger partial charge in [0.05, 0.1) is 5.69 Å². The molecule has 1 aromatic carbocycles. The third kappa shape index (κ3) is 3.52. The summed E-state index contributed by atoms with van der Waals surface area (Å²) in [5.41, 5.74) is 2.04. The first-order chi connectivity index (χ1) is 12.4. The second-order valence-electron chi connectivity index (χ2n) is 5.73. The van der Waals surface area contributed by atoms with Gasteiger partial charge in [-0.05, 0) is 31.0 Å². The molecule has 3 rings (SSSR count). The lowest BCUT2D eigenvalue weighted by atomic mass is 10.1. The van der Waals surface area contributed by atoms with Crippen LogP contribution in [0.5, 0.6) is 0 Å². The SMILES string of the molecule is CCc1[nH]c(C(=O)Cc2ccc(-c3nc(C(=O)O)c(C)o3)cc2)nc1Cl. The number of nitrogens with one attached hydrogen (secondary N) is 1. The van der Waals surface area contributed by atoms with Gasteiger partial charge in [0.2, 0.25) is 11.7 Å². The first-order valence-electron chi connectivity index (χ1n) is 7.96. The number of hydrogen-bond donors (Lipinski definition) is 2. The highest BCUT2D eigenvalue weighted by Gasteiger charge is 2.18. The lowest BCUT2D eigenvalue weighted by molar-refractivity contribution is 0.0689. The molecule has 0 amide bonds. The lowest BCUT2D eigenvalue weighted by Gasteiger charge is -2.01. The van der Waals surface area contributed by atoms with E-state index in [-0.39, 0.29) is 35.4 Å². The Bertz CT molecular complexity index is 973. The lowest BCUT2D eigenvalue weighted by Crippen LogP contribution is -2.06. The van der Waals surface area contributed by atoms with Gasteiger partial charge in [-0.25, -0.2) is 14.8 Å². The average Bonchev–Trinajstić information content (AvgIpc) is 3.18. The molecule has 0 spiro atoms. The minimum Gasteiger partial charge on any atom is -0.476 e. The zero-order valence-corrected chi connectivity index (χ0v) is 14.9. The van der Waals surface area contributed by atoms with Gasteiger partial charge < -0.3 is 14.5 Å². The van der Waals surface area contributed by atoms with E-state index < -0.39 is 5.97 Å². The molecule has 134 valence electrons. The number of aryl methyl sites for hydroxylation is 2. The molecule has 26 heavy (non-hydrogen) atoms. The quantitative estimate of drug-likeness (QED) is 0.637. The van der Waals surface area contributed by atoms with Gasteiger partial charge in [0.25, 0.3) is 0 Å². The van der Waals surface area contributed by atoms with Gasteiger partial charge in [0.15, 0.2) is 16.7 Å². The Hall–Kier alpha value is -2.93. The predicted molar refractivity (Wildman–Crippen MR) is 94.6 cm³/mol. The molecule has 8 heteroatoms. The number of Topliss-reactive ketones (excluding diaryl/α,β-unsaturated/α-hetero) is 1. The fourth-order valence-corrected chi connectivity index (χ4v) is 2.77. The number of aromatic amines is 1. The van der Waals surface area contributed by atoms with E-state index in [0.717, 1.165) is 11.3 Å². The van der Waals surface area contributed by atoms with E-state index in [4.69, 9.17) is 21.1 Å². The van der Waals surface area contributed by atoms with E-state index >= 15 is 0 Å². The maximum absolute atomic E-state index is 12.3. The molecular formula is C18H16ClN3O4. The van der Waals surface area contributed by atoms with Crippen LogP contribution >= 0.6 is 11.6 Å². The van der Waals surface area contributed by atoms with Crippen LogP contribution in [0.1, 0.15) is 45.0 Å². The number of H-pyrrole nitrogens is 1. The number of aromatic carboxylic acids is 1. The Kier molecular flexibility index (Phi) is 4.90. The van der Waals surface area contributed by atoms with Crippen LogP contribution in [0.25, 0.3) is 11.5 Å². The van der Waals surface area contributed by atoms with E-state index in [1.54, 1.807) is 31.2 Å². The van der Waals surface area contributed by atoms with Crippen LogP contribution < -0.4 is 0 Å². The zero-order chi connectivity index (χ0) is 18.8. The monoisotopic (exact) mass is 373 g/mol. The maximum Gasteiger partial charge on any atom is 0.358 e. The number of benzene rings is 1. The van der Waals surface area contributed by atoms with Crippen LogP contribution in [-0.4, -0.2) is 31.8 Å².